The number of nitrogens with one attached hydrogen (secondary N) is 1. The zero-order valence-electron chi connectivity index (χ0n) is 14.7. The Hall–Kier alpha value is -2.74. The van der Waals surface area contributed by atoms with E-state index in [1.54, 1.807) is 19.1 Å². The Bertz CT molecular complexity index is 770. The van der Waals surface area contributed by atoms with Crippen molar-refractivity contribution in [1.29, 1.82) is 0 Å². The predicted octanol–water partition coefficient (Wildman–Crippen LogP) is 1.33. The molecule has 8 heteroatoms. The van der Waals surface area contributed by atoms with Crippen LogP contribution in [0.3, 0.4) is 0 Å². The van der Waals surface area contributed by atoms with Gasteiger partial charge in [0, 0.05) is 17.5 Å². The van der Waals surface area contributed by atoms with Crippen LogP contribution < -0.4 is 11.1 Å². The third-order valence-corrected chi connectivity index (χ3v) is 3.78. The Morgan fingerprint density at radius 3 is 2.80 bits per heavy atom. The van der Waals surface area contributed by atoms with Gasteiger partial charge < -0.3 is 15.8 Å². The number of amides is 1. The van der Waals surface area contributed by atoms with Gasteiger partial charge in [-0.3, -0.25) is 9.78 Å². The summed E-state index contributed by atoms with van der Waals surface area (Å²) in [5.41, 5.74) is 9.20. The summed E-state index contributed by atoms with van der Waals surface area (Å²) in [6.45, 7) is 6.41. The van der Waals surface area contributed by atoms with E-state index in [0.717, 1.165) is 17.0 Å². The van der Waals surface area contributed by atoms with Gasteiger partial charge >= 0.3 is 6.09 Å². The molecule has 2 aromatic heterocycles. The number of hydrogen-bond acceptors (Lipinski definition) is 6. The smallest absolute Gasteiger partial charge is 0.407 e. The van der Waals surface area contributed by atoms with E-state index in [1.807, 2.05) is 13.8 Å². The van der Waals surface area contributed by atoms with Crippen molar-refractivity contribution in [2.75, 3.05) is 13.2 Å². The highest BCUT2D eigenvalue weighted by Crippen LogP contribution is 2.15. The highest BCUT2D eigenvalue weighted by Gasteiger charge is 2.18. The van der Waals surface area contributed by atoms with E-state index in [4.69, 9.17) is 10.5 Å². The van der Waals surface area contributed by atoms with Gasteiger partial charge in [-0.1, -0.05) is 0 Å². The van der Waals surface area contributed by atoms with Crippen molar-refractivity contribution in [2.24, 2.45) is 5.73 Å². The number of pyridine rings is 1. The molecule has 0 saturated heterocycles. The Labute approximate surface area is 146 Å². The Kier molecular flexibility index (Phi) is 6.24. The number of nitrogens with zero attached hydrogens (tertiary/aromatic N) is 3. The molecule has 0 bridgehead atoms. The van der Waals surface area contributed by atoms with Crippen LogP contribution in [0.2, 0.25) is 0 Å². The Balaban J connectivity index is 2.19. The molecular weight excluding hydrogens is 322 g/mol. The van der Waals surface area contributed by atoms with Gasteiger partial charge in [0.1, 0.15) is 0 Å². The summed E-state index contributed by atoms with van der Waals surface area (Å²) in [6, 6.07) is 3.25. The summed E-state index contributed by atoms with van der Waals surface area (Å²) in [6.07, 6.45) is 1.68. The molecule has 0 saturated carbocycles. The summed E-state index contributed by atoms with van der Waals surface area (Å²) in [5.74, 6) is -0.247. The lowest BCUT2D eigenvalue weighted by Crippen LogP contribution is -2.24. The molecule has 0 atom stereocenters. The number of rotatable bonds is 6. The van der Waals surface area contributed by atoms with Crippen LogP contribution in [-0.2, 0) is 17.7 Å². The van der Waals surface area contributed by atoms with Crippen LogP contribution in [0.5, 0.6) is 0 Å². The van der Waals surface area contributed by atoms with Gasteiger partial charge in [0.25, 0.3) is 5.91 Å². The maximum atomic E-state index is 12.8. The highest BCUT2D eigenvalue weighted by atomic mass is 16.5. The van der Waals surface area contributed by atoms with E-state index in [1.165, 1.54) is 10.9 Å². The van der Waals surface area contributed by atoms with E-state index < -0.39 is 6.09 Å². The Morgan fingerprint density at radius 1 is 1.36 bits per heavy atom. The van der Waals surface area contributed by atoms with E-state index in [9.17, 15) is 9.59 Å². The monoisotopic (exact) mass is 345 g/mol. The van der Waals surface area contributed by atoms with Crippen LogP contribution in [-0.4, -0.2) is 39.9 Å². The Morgan fingerprint density at radius 2 is 2.12 bits per heavy atom. The lowest BCUT2D eigenvalue weighted by Gasteiger charge is -2.07. The molecule has 0 aliphatic carbocycles. The van der Waals surface area contributed by atoms with Crippen LogP contribution in [0, 0.1) is 13.8 Å². The SMILES string of the molecule is CCOC(=O)NCc1cc(C(=O)n2nc(C)c(CCN)c2C)ccn1. The topological polar surface area (TPSA) is 112 Å². The standard InChI is InChI=1S/C17H23N5O3/c1-4-25-17(24)20-10-14-9-13(6-8-19-14)16(23)22-12(3)15(5-7-18)11(2)21-22/h6,8-9H,4-5,7,10,18H2,1-3H3,(H,20,24). The number of ether oxygens (including phenoxy) is 1. The average Bonchev–Trinajstić information content (AvgIpc) is 2.88. The zero-order chi connectivity index (χ0) is 18.4. The predicted molar refractivity (Wildman–Crippen MR) is 92.3 cm³/mol. The number of carbonyl (C=O) groups is 2. The van der Waals surface area contributed by atoms with Gasteiger partial charge in [0.2, 0.25) is 0 Å². The number of aryl methyl sites for hydroxylation is 1. The number of carbonyl (C=O) groups excluding carboxylic acids is 2. The highest BCUT2D eigenvalue weighted by molar-refractivity contribution is 5.96. The molecule has 0 radical (unpaired) electrons. The van der Waals surface area contributed by atoms with Crippen molar-refractivity contribution >= 4 is 12.0 Å². The minimum atomic E-state index is -0.522. The van der Waals surface area contributed by atoms with Crippen molar-refractivity contribution in [1.82, 2.24) is 20.1 Å². The largest absolute Gasteiger partial charge is 0.450 e. The van der Waals surface area contributed by atoms with E-state index in [-0.39, 0.29) is 12.5 Å². The minimum absolute atomic E-state index is 0.176. The maximum absolute atomic E-state index is 12.8. The normalized spacial score (nSPS) is 10.6. The lowest BCUT2D eigenvalue weighted by atomic mass is 10.1. The minimum Gasteiger partial charge on any atom is -0.450 e. The molecule has 134 valence electrons. The van der Waals surface area contributed by atoms with Gasteiger partial charge in [-0.05, 0) is 51.4 Å². The average molecular weight is 345 g/mol. The zero-order valence-corrected chi connectivity index (χ0v) is 14.7. The van der Waals surface area contributed by atoms with Crippen molar-refractivity contribution in [3.05, 3.63) is 46.5 Å². The molecule has 0 fully saturated rings. The molecule has 2 aromatic rings. The fourth-order valence-corrected chi connectivity index (χ4v) is 2.55. The molecular formula is C17H23N5O3. The van der Waals surface area contributed by atoms with Crippen LogP contribution in [0.15, 0.2) is 18.3 Å². The molecule has 3 N–H and O–H groups in total. The second-order valence-corrected chi connectivity index (χ2v) is 5.51. The molecule has 0 unspecified atom stereocenters. The van der Waals surface area contributed by atoms with Crippen LogP contribution >= 0.6 is 0 Å². The third-order valence-electron chi connectivity index (χ3n) is 3.78. The van der Waals surface area contributed by atoms with E-state index in [2.05, 4.69) is 15.4 Å². The molecule has 25 heavy (non-hydrogen) atoms. The first-order valence-corrected chi connectivity index (χ1v) is 8.13. The van der Waals surface area contributed by atoms with Gasteiger partial charge in [-0.15, -0.1) is 0 Å². The molecule has 0 aromatic carbocycles. The second kappa shape index (κ2) is 8.39. The van der Waals surface area contributed by atoms with Crippen LogP contribution in [0.25, 0.3) is 0 Å². The first-order valence-electron chi connectivity index (χ1n) is 8.13. The fourth-order valence-electron chi connectivity index (χ4n) is 2.55. The molecule has 0 aliphatic rings. The van der Waals surface area contributed by atoms with Crippen molar-refractivity contribution in [2.45, 2.75) is 33.7 Å². The molecule has 2 heterocycles. The van der Waals surface area contributed by atoms with Gasteiger partial charge in [0.05, 0.1) is 24.5 Å². The summed E-state index contributed by atoms with van der Waals surface area (Å²) >= 11 is 0. The molecule has 8 nitrogen and oxygen atoms in total. The summed E-state index contributed by atoms with van der Waals surface area (Å²) in [5, 5.41) is 6.91. The van der Waals surface area contributed by atoms with Gasteiger partial charge in [-0.25, -0.2) is 9.48 Å². The number of aromatic nitrogens is 3. The van der Waals surface area contributed by atoms with Crippen molar-refractivity contribution in [3.63, 3.8) is 0 Å². The molecule has 1 amide bonds. The van der Waals surface area contributed by atoms with Crippen molar-refractivity contribution in [3.8, 4) is 0 Å². The fraction of sp³-hybridized carbons (Fsp3) is 0.412. The summed E-state index contributed by atoms with van der Waals surface area (Å²) in [7, 11) is 0. The van der Waals surface area contributed by atoms with E-state index >= 15 is 0 Å². The van der Waals surface area contributed by atoms with Gasteiger partial charge in [-0.2, -0.15) is 5.10 Å². The molecule has 0 spiro atoms. The third kappa shape index (κ3) is 4.42. The summed E-state index contributed by atoms with van der Waals surface area (Å²) in [4.78, 5) is 28.3. The first kappa shape index (κ1) is 18.6. The van der Waals surface area contributed by atoms with Crippen LogP contribution in [0.4, 0.5) is 4.79 Å². The first-order chi connectivity index (χ1) is 12.0. The lowest BCUT2D eigenvalue weighted by molar-refractivity contribution is 0.0942. The maximum Gasteiger partial charge on any atom is 0.407 e. The molecule has 0 aliphatic heterocycles. The second-order valence-electron chi connectivity index (χ2n) is 5.51. The number of hydrogen-bond donors (Lipinski definition) is 2. The van der Waals surface area contributed by atoms with Crippen LogP contribution in [0.1, 0.15) is 39.9 Å². The van der Waals surface area contributed by atoms with Crippen molar-refractivity contribution < 1.29 is 14.3 Å². The number of nitrogens with two attached hydrogens (primary N) is 1. The quantitative estimate of drug-likeness (QED) is 0.817. The molecule has 2 rings (SSSR count). The number of alkyl carbamates (subject to hydrolysis) is 1. The van der Waals surface area contributed by atoms with E-state index in [0.29, 0.717) is 30.8 Å². The van der Waals surface area contributed by atoms with Gasteiger partial charge in [0.15, 0.2) is 0 Å². The summed E-state index contributed by atoms with van der Waals surface area (Å²) < 4.78 is 6.18.